The first-order valence-electron chi connectivity index (χ1n) is 4.73. The fourth-order valence-corrected chi connectivity index (χ4v) is 1.98. The van der Waals surface area contributed by atoms with Gasteiger partial charge in [0.05, 0.1) is 23.8 Å². The SMILES string of the molecule is CCOC(=O)c1c(Br)cc(C#N)cc1CN. The van der Waals surface area contributed by atoms with Crippen LogP contribution in [-0.4, -0.2) is 12.6 Å². The molecule has 4 nitrogen and oxygen atoms in total. The average Bonchev–Trinajstić information content (AvgIpc) is 2.27. The number of halogens is 1. The van der Waals surface area contributed by atoms with E-state index in [1.54, 1.807) is 19.1 Å². The molecule has 2 N–H and O–H groups in total. The minimum Gasteiger partial charge on any atom is -0.462 e. The number of nitrogens with two attached hydrogens (primary N) is 1. The average molecular weight is 283 g/mol. The van der Waals surface area contributed by atoms with E-state index in [9.17, 15) is 4.79 Å². The second kappa shape index (κ2) is 5.64. The van der Waals surface area contributed by atoms with Crippen LogP contribution in [-0.2, 0) is 11.3 Å². The van der Waals surface area contributed by atoms with Crippen LogP contribution in [0.4, 0.5) is 0 Å². The van der Waals surface area contributed by atoms with Crippen LogP contribution in [0.25, 0.3) is 0 Å². The van der Waals surface area contributed by atoms with E-state index in [1.807, 2.05) is 6.07 Å². The first-order valence-corrected chi connectivity index (χ1v) is 5.53. The zero-order chi connectivity index (χ0) is 12.1. The number of hydrogen-bond acceptors (Lipinski definition) is 4. The van der Waals surface area contributed by atoms with Crippen molar-refractivity contribution in [2.45, 2.75) is 13.5 Å². The van der Waals surface area contributed by atoms with Gasteiger partial charge in [-0.1, -0.05) is 0 Å². The minimum absolute atomic E-state index is 0.183. The van der Waals surface area contributed by atoms with Crippen LogP contribution >= 0.6 is 15.9 Å². The van der Waals surface area contributed by atoms with Crippen LogP contribution in [0.2, 0.25) is 0 Å². The summed E-state index contributed by atoms with van der Waals surface area (Å²) in [6, 6.07) is 5.17. The molecule has 84 valence electrons. The molecule has 0 fully saturated rings. The molecule has 0 amide bonds. The maximum absolute atomic E-state index is 11.7. The third kappa shape index (κ3) is 2.60. The number of carbonyl (C=O) groups is 1. The summed E-state index contributed by atoms with van der Waals surface area (Å²) >= 11 is 3.24. The van der Waals surface area contributed by atoms with E-state index in [1.165, 1.54) is 0 Å². The Labute approximate surface area is 102 Å². The molecule has 0 bridgehead atoms. The van der Waals surface area contributed by atoms with Crippen molar-refractivity contribution in [1.82, 2.24) is 0 Å². The Bertz CT molecular complexity index is 452. The highest BCUT2D eigenvalue weighted by Gasteiger charge is 2.16. The molecule has 0 unspecified atom stereocenters. The number of nitrogens with zero attached hydrogens (tertiary/aromatic N) is 1. The number of ether oxygens (including phenoxy) is 1. The highest BCUT2D eigenvalue weighted by Crippen LogP contribution is 2.23. The van der Waals surface area contributed by atoms with Gasteiger partial charge in [0.1, 0.15) is 0 Å². The lowest BCUT2D eigenvalue weighted by atomic mass is 10.0. The molecule has 0 atom stereocenters. The van der Waals surface area contributed by atoms with Gasteiger partial charge in [-0.25, -0.2) is 4.79 Å². The highest BCUT2D eigenvalue weighted by molar-refractivity contribution is 9.10. The van der Waals surface area contributed by atoms with Crippen molar-refractivity contribution in [3.05, 3.63) is 33.3 Å². The molecule has 5 heteroatoms. The number of carbonyl (C=O) groups excluding carboxylic acids is 1. The Morgan fingerprint density at radius 2 is 2.31 bits per heavy atom. The lowest BCUT2D eigenvalue weighted by Crippen LogP contribution is -2.12. The number of esters is 1. The molecular formula is C11H11BrN2O2. The fraction of sp³-hybridized carbons (Fsp3) is 0.273. The van der Waals surface area contributed by atoms with Gasteiger partial charge in [0, 0.05) is 11.0 Å². The van der Waals surface area contributed by atoms with Crippen molar-refractivity contribution in [3.8, 4) is 6.07 Å². The van der Waals surface area contributed by atoms with Gasteiger partial charge in [-0.3, -0.25) is 0 Å². The van der Waals surface area contributed by atoms with Gasteiger partial charge in [0.25, 0.3) is 0 Å². The molecule has 0 saturated carbocycles. The lowest BCUT2D eigenvalue weighted by Gasteiger charge is -2.09. The summed E-state index contributed by atoms with van der Waals surface area (Å²) in [6.45, 7) is 2.22. The molecule has 0 saturated heterocycles. The summed E-state index contributed by atoms with van der Waals surface area (Å²) in [5, 5.41) is 8.79. The summed E-state index contributed by atoms with van der Waals surface area (Å²) < 4.78 is 5.45. The van der Waals surface area contributed by atoms with Crippen molar-refractivity contribution in [2.24, 2.45) is 5.73 Å². The smallest absolute Gasteiger partial charge is 0.339 e. The summed E-state index contributed by atoms with van der Waals surface area (Å²) in [6.07, 6.45) is 0. The third-order valence-corrected chi connectivity index (χ3v) is 2.63. The molecule has 0 aliphatic heterocycles. The standard InChI is InChI=1S/C11H11BrN2O2/c1-2-16-11(15)10-8(6-14)3-7(5-13)4-9(10)12/h3-4H,2,6,14H2,1H3. The Morgan fingerprint density at radius 1 is 1.62 bits per heavy atom. The molecule has 1 rings (SSSR count). The molecule has 0 heterocycles. The van der Waals surface area contributed by atoms with E-state index in [2.05, 4.69) is 15.9 Å². The molecule has 0 aliphatic rings. The summed E-state index contributed by atoms with van der Waals surface area (Å²) in [5.74, 6) is -0.431. The third-order valence-electron chi connectivity index (χ3n) is 2.00. The number of rotatable bonds is 3. The van der Waals surface area contributed by atoms with Gasteiger partial charge in [-0.05, 0) is 40.5 Å². The van der Waals surface area contributed by atoms with Crippen molar-refractivity contribution < 1.29 is 9.53 Å². The summed E-state index contributed by atoms with van der Waals surface area (Å²) in [7, 11) is 0. The van der Waals surface area contributed by atoms with E-state index in [4.69, 9.17) is 15.7 Å². The maximum atomic E-state index is 11.7. The van der Waals surface area contributed by atoms with Crippen LogP contribution < -0.4 is 5.73 Å². The van der Waals surface area contributed by atoms with Crippen molar-refractivity contribution >= 4 is 21.9 Å². The topological polar surface area (TPSA) is 76.1 Å². The largest absolute Gasteiger partial charge is 0.462 e. The van der Waals surface area contributed by atoms with E-state index < -0.39 is 5.97 Å². The predicted molar refractivity (Wildman–Crippen MR) is 62.7 cm³/mol. The van der Waals surface area contributed by atoms with Gasteiger partial charge in [-0.2, -0.15) is 5.26 Å². The molecule has 0 aromatic heterocycles. The molecule has 0 radical (unpaired) electrons. The van der Waals surface area contributed by atoms with Crippen LogP contribution in [0.1, 0.15) is 28.4 Å². The lowest BCUT2D eigenvalue weighted by molar-refractivity contribution is 0.0524. The number of nitriles is 1. The van der Waals surface area contributed by atoms with Crippen LogP contribution in [0.15, 0.2) is 16.6 Å². The molecule has 1 aromatic carbocycles. The van der Waals surface area contributed by atoms with Gasteiger partial charge in [0.15, 0.2) is 0 Å². The number of benzene rings is 1. The van der Waals surface area contributed by atoms with Crippen molar-refractivity contribution in [1.29, 1.82) is 5.26 Å². The van der Waals surface area contributed by atoms with E-state index in [0.29, 0.717) is 27.8 Å². The highest BCUT2D eigenvalue weighted by atomic mass is 79.9. The van der Waals surface area contributed by atoms with Gasteiger partial charge >= 0.3 is 5.97 Å². The Morgan fingerprint density at radius 3 is 2.81 bits per heavy atom. The van der Waals surface area contributed by atoms with E-state index >= 15 is 0 Å². The molecule has 0 spiro atoms. The Balaban J connectivity index is 3.28. The fourth-order valence-electron chi connectivity index (χ4n) is 1.32. The predicted octanol–water partition coefficient (Wildman–Crippen LogP) is 1.96. The van der Waals surface area contributed by atoms with Gasteiger partial charge in [-0.15, -0.1) is 0 Å². The second-order valence-corrected chi connectivity index (χ2v) is 3.88. The molecular weight excluding hydrogens is 272 g/mol. The van der Waals surface area contributed by atoms with E-state index in [-0.39, 0.29) is 6.54 Å². The van der Waals surface area contributed by atoms with Crippen LogP contribution in [0.5, 0.6) is 0 Å². The summed E-state index contributed by atoms with van der Waals surface area (Å²) in [4.78, 5) is 11.7. The Hall–Kier alpha value is -1.38. The monoisotopic (exact) mass is 282 g/mol. The normalized spacial score (nSPS) is 9.62. The quantitative estimate of drug-likeness (QED) is 0.860. The van der Waals surface area contributed by atoms with Gasteiger partial charge in [0.2, 0.25) is 0 Å². The zero-order valence-electron chi connectivity index (χ0n) is 8.79. The maximum Gasteiger partial charge on any atom is 0.339 e. The number of hydrogen-bond donors (Lipinski definition) is 1. The first-order chi connectivity index (χ1) is 7.63. The van der Waals surface area contributed by atoms with Crippen LogP contribution in [0.3, 0.4) is 0 Å². The first kappa shape index (κ1) is 12.7. The summed E-state index contributed by atoms with van der Waals surface area (Å²) in [5.41, 5.74) is 6.99. The molecule has 1 aromatic rings. The molecule has 16 heavy (non-hydrogen) atoms. The minimum atomic E-state index is -0.431. The second-order valence-electron chi connectivity index (χ2n) is 3.03. The Kier molecular flexibility index (Phi) is 4.47. The van der Waals surface area contributed by atoms with Gasteiger partial charge < -0.3 is 10.5 Å². The van der Waals surface area contributed by atoms with Crippen molar-refractivity contribution in [3.63, 3.8) is 0 Å². The zero-order valence-corrected chi connectivity index (χ0v) is 10.4. The molecule has 0 aliphatic carbocycles. The van der Waals surface area contributed by atoms with Crippen LogP contribution in [0, 0.1) is 11.3 Å². The van der Waals surface area contributed by atoms with Crippen molar-refractivity contribution in [2.75, 3.05) is 6.61 Å². The van der Waals surface area contributed by atoms with E-state index in [0.717, 1.165) is 0 Å².